The van der Waals surface area contributed by atoms with Crippen molar-refractivity contribution in [2.45, 2.75) is 76.6 Å². The number of fused-ring (bicyclic) bond motifs is 1. The maximum atomic E-state index is 13.1. The number of aromatic nitrogens is 1. The molecule has 12 heteroatoms. The monoisotopic (exact) mass is 603 g/mol. The van der Waals surface area contributed by atoms with Crippen LogP contribution in [0.25, 0.3) is 0 Å². The molecule has 4 aliphatic rings. The van der Waals surface area contributed by atoms with Gasteiger partial charge >= 0.3 is 5.97 Å². The fourth-order valence-electron chi connectivity index (χ4n) is 6.74. The van der Waals surface area contributed by atoms with E-state index in [1.54, 1.807) is 30.3 Å². The lowest BCUT2D eigenvalue weighted by atomic mass is 9.85. The Balaban J connectivity index is 1.01. The van der Waals surface area contributed by atoms with Crippen LogP contribution in [0.4, 0.5) is 5.82 Å². The Morgan fingerprint density at radius 1 is 1.05 bits per heavy atom. The van der Waals surface area contributed by atoms with E-state index in [1.165, 1.54) is 6.20 Å². The third kappa shape index (κ3) is 5.78. The van der Waals surface area contributed by atoms with E-state index in [4.69, 9.17) is 9.84 Å². The first-order chi connectivity index (χ1) is 21.1. The number of benzene rings is 1. The molecule has 0 radical (unpaired) electrons. The van der Waals surface area contributed by atoms with Crippen LogP contribution < -0.4 is 15.0 Å². The van der Waals surface area contributed by atoms with Gasteiger partial charge < -0.3 is 14.7 Å². The SMILES string of the molecule is CC(C)N(CC1CCN(c2ccc(C(=O)O)cn2)CC1)C1CC(Oc2ccc3c(c2)C(=O)N(C2CCC(=O)NC2=O)C3=O)C1. The molecule has 4 heterocycles. The number of rotatable bonds is 9. The van der Waals surface area contributed by atoms with E-state index in [9.17, 15) is 24.0 Å². The van der Waals surface area contributed by atoms with Crippen LogP contribution in [0.5, 0.6) is 5.75 Å². The van der Waals surface area contributed by atoms with Crippen molar-refractivity contribution in [1.82, 2.24) is 20.1 Å². The number of imide groups is 2. The highest BCUT2D eigenvalue weighted by Gasteiger charge is 2.45. The zero-order valence-corrected chi connectivity index (χ0v) is 24.9. The highest BCUT2D eigenvalue weighted by molar-refractivity contribution is 6.23. The van der Waals surface area contributed by atoms with Crippen molar-refractivity contribution >= 4 is 35.4 Å². The van der Waals surface area contributed by atoms with Crippen molar-refractivity contribution in [3.05, 3.63) is 53.2 Å². The average molecular weight is 604 g/mol. The molecule has 2 saturated heterocycles. The molecule has 2 aromatic rings. The molecule has 44 heavy (non-hydrogen) atoms. The normalized spacial score (nSPS) is 24.0. The molecule has 1 unspecified atom stereocenters. The summed E-state index contributed by atoms with van der Waals surface area (Å²) in [7, 11) is 0. The number of hydrogen-bond acceptors (Lipinski definition) is 9. The number of nitrogens with one attached hydrogen (secondary N) is 1. The maximum absolute atomic E-state index is 13.1. The first-order valence-electron chi connectivity index (χ1n) is 15.3. The number of piperidine rings is 2. The highest BCUT2D eigenvalue weighted by atomic mass is 16.5. The van der Waals surface area contributed by atoms with Crippen LogP contribution in [-0.2, 0) is 9.59 Å². The average Bonchev–Trinajstić information content (AvgIpc) is 3.23. The van der Waals surface area contributed by atoms with Gasteiger partial charge in [-0.05, 0) is 69.4 Å². The summed E-state index contributed by atoms with van der Waals surface area (Å²) in [5.74, 6) is -1.18. The summed E-state index contributed by atoms with van der Waals surface area (Å²) in [5, 5.41) is 11.3. The zero-order chi connectivity index (χ0) is 31.1. The fraction of sp³-hybridized carbons (Fsp3) is 0.500. The molecule has 232 valence electrons. The minimum absolute atomic E-state index is 0.000518. The van der Waals surface area contributed by atoms with Gasteiger partial charge in [-0.1, -0.05) is 0 Å². The van der Waals surface area contributed by atoms with Gasteiger partial charge in [0.25, 0.3) is 11.8 Å². The molecule has 2 N–H and O–H groups in total. The Morgan fingerprint density at radius 3 is 2.41 bits per heavy atom. The molecule has 1 aromatic heterocycles. The number of carboxylic acids is 1. The van der Waals surface area contributed by atoms with Gasteiger partial charge in [0.15, 0.2) is 0 Å². The standard InChI is InChI=1S/C32H37N5O7/c1-18(2)36(17-19-9-11-35(12-10-19)27-7-3-20(16-33-27)32(42)43)21-13-23(14-21)44-22-4-5-24-25(15-22)31(41)37(30(24)40)26-6-8-28(38)34-29(26)39/h3-5,7,15-16,18-19,21,23,26H,6,8-14,17H2,1-2H3,(H,42,43)(H,34,38,39). The Kier molecular flexibility index (Phi) is 8.10. The van der Waals surface area contributed by atoms with Crippen LogP contribution in [0, 0.1) is 5.92 Å². The Morgan fingerprint density at radius 2 is 1.77 bits per heavy atom. The van der Waals surface area contributed by atoms with Crippen molar-refractivity contribution in [1.29, 1.82) is 0 Å². The van der Waals surface area contributed by atoms with E-state index in [0.29, 0.717) is 23.8 Å². The molecule has 1 aliphatic carbocycles. The van der Waals surface area contributed by atoms with Gasteiger partial charge in [-0.15, -0.1) is 0 Å². The second-order valence-corrected chi connectivity index (χ2v) is 12.5. The first-order valence-corrected chi connectivity index (χ1v) is 15.3. The third-order valence-corrected chi connectivity index (χ3v) is 9.32. The van der Waals surface area contributed by atoms with E-state index in [-0.39, 0.29) is 35.6 Å². The molecule has 4 amide bonds. The molecule has 3 fully saturated rings. The minimum atomic E-state index is -0.992. The van der Waals surface area contributed by atoms with E-state index in [1.807, 2.05) is 0 Å². The second-order valence-electron chi connectivity index (χ2n) is 12.5. The van der Waals surface area contributed by atoms with Gasteiger partial charge in [0.1, 0.15) is 23.7 Å². The summed E-state index contributed by atoms with van der Waals surface area (Å²) < 4.78 is 6.23. The Hall–Kier alpha value is -4.32. The van der Waals surface area contributed by atoms with E-state index in [2.05, 4.69) is 33.9 Å². The quantitative estimate of drug-likeness (QED) is 0.410. The Labute approximate surface area is 255 Å². The van der Waals surface area contributed by atoms with Crippen molar-refractivity contribution in [3.8, 4) is 5.75 Å². The summed E-state index contributed by atoms with van der Waals surface area (Å²) in [6.45, 7) is 7.20. The summed E-state index contributed by atoms with van der Waals surface area (Å²) >= 11 is 0. The zero-order valence-electron chi connectivity index (χ0n) is 24.9. The van der Waals surface area contributed by atoms with Gasteiger partial charge in [0.05, 0.1) is 16.7 Å². The third-order valence-electron chi connectivity index (χ3n) is 9.32. The van der Waals surface area contributed by atoms with Gasteiger partial charge in [0.2, 0.25) is 11.8 Å². The number of nitrogens with zero attached hydrogens (tertiary/aromatic N) is 4. The summed E-state index contributed by atoms with van der Waals surface area (Å²) in [4.78, 5) is 71.2. The van der Waals surface area contributed by atoms with Crippen molar-refractivity contribution < 1.29 is 33.8 Å². The molecule has 3 aliphatic heterocycles. The van der Waals surface area contributed by atoms with Crippen LogP contribution >= 0.6 is 0 Å². The molecule has 0 bridgehead atoms. The van der Waals surface area contributed by atoms with Gasteiger partial charge in [-0.2, -0.15) is 0 Å². The molecule has 1 aromatic carbocycles. The number of aromatic carboxylic acids is 1. The number of pyridine rings is 1. The Bertz CT molecular complexity index is 1480. The highest BCUT2D eigenvalue weighted by Crippen LogP contribution is 2.35. The van der Waals surface area contributed by atoms with Crippen LogP contribution in [0.1, 0.15) is 83.4 Å². The maximum Gasteiger partial charge on any atom is 0.337 e. The van der Waals surface area contributed by atoms with Crippen LogP contribution in [0.2, 0.25) is 0 Å². The topological polar surface area (TPSA) is 149 Å². The number of amides is 4. The van der Waals surface area contributed by atoms with Crippen LogP contribution in [-0.4, -0.2) is 93.4 Å². The lowest BCUT2D eigenvalue weighted by Crippen LogP contribution is -2.54. The van der Waals surface area contributed by atoms with E-state index < -0.39 is 35.6 Å². The number of ether oxygens (including phenoxy) is 1. The number of carbonyl (C=O) groups is 5. The van der Waals surface area contributed by atoms with Crippen molar-refractivity contribution in [2.24, 2.45) is 5.92 Å². The van der Waals surface area contributed by atoms with Crippen molar-refractivity contribution in [3.63, 3.8) is 0 Å². The number of carboxylic acid groups (broad SMARTS) is 1. The summed E-state index contributed by atoms with van der Waals surface area (Å²) in [6, 6.07) is 8.03. The predicted molar refractivity (Wildman–Crippen MR) is 159 cm³/mol. The van der Waals surface area contributed by atoms with E-state index >= 15 is 0 Å². The number of hydrogen-bond donors (Lipinski definition) is 2. The van der Waals surface area contributed by atoms with Crippen LogP contribution in [0.3, 0.4) is 0 Å². The van der Waals surface area contributed by atoms with Gasteiger partial charge in [0, 0.05) is 57.2 Å². The van der Waals surface area contributed by atoms with Crippen molar-refractivity contribution in [2.75, 3.05) is 24.5 Å². The molecule has 12 nitrogen and oxygen atoms in total. The molecule has 6 rings (SSSR count). The molecule has 0 spiro atoms. The lowest BCUT2D eigenvalue weighted by molar-refractivity contribution is -0.136. The molecular formula is C32H37N5O7. The first kappa shape index (κ1) is 29.7. The second kappa shape index (κ2) is 12.0. The number of carbonyl (C=O) groups excluding carboxylic acids is 4. The van der Waals surface area contributed by atoms with Crippen LogP contribution in [0.15, 0.2) is 36.5 Å². The van der Waals surface area contributed by atoms with Gasteiger partial charge in [-0.25, -0.2) is 9.78 Å². The molecule has 1 atom stereocenters. The molecule has 1 saturated carbocycles. The largest absolute Gasteiger partial charge is 0.490 e. The number of anilines is 1. The summed E-state index contributed by atoms with van der Waals surface area (Å²) in [5.41, 5.74) is 0.648. The smallest absolute Gasteiger partial charge is 0.337 e. The summed E-state index contributed by atoms with van der Waals surface area (Å²) in [6.07, 6.45) is 5.41. The van der Waals surface area contributed by atoms with Gasteiger partial charge in [-0.3, -0.25) is 34.3 Å². The lowest BCUT2D eigenvalue weighted by Gasteiger charge is -2.46. The predicted octanol–water partition coefficient (Wildman–Crippen LogP) is 2.72. The molecular weight excluding hydrogens is 566 g/mol. The van der Waals surface area contributed by atoms with E-state index in [0.717, 1.165) is 56.0 Å². The fourth-order valence-corrected chi connectivity index (χ4v) is 6.74. The minimum Gasteiger partial charge on any atom is -0.490 e.